The third-order valence-electron chi connectivity index (χ3n) is 1.72. The number of carboxylic acid groups (broad SMARTS) is 1. The number of hydrogen-bond donors (Lipinski definition) is 0. The van der Waals surface area contributed by atoms with Gasteiger partial charge in [0.2, 0.25) is 0 Å². The Morgan fingerprint density at radius 2 is 2.12 bits per heavy atom. The Bertz CT molecular complexity index is 372. The maximum absolute atomic E-state index is 11.7. The van der Waals surface area contributed by atoms with Crippen LogP contribution in [0.4, 0.5) is 13.2 Å². The van der Waals surface area contributed by atoms with Crippen LogP contribution >= 0.6 is 0 Å². The third-order valence-corrected chi connectivity index (χ3v) is 1.72. The number of aliphatic carboxylic acids is 1. The average Bonchev–Trinajstić information content (AvgIpc) is 2.15. The number of nitrogens with zero attached hydrogens (tertiary/aromatic N) is 1. The molecule has 5 nitrogen and oxygen atoms in total. The van der Waals surface area contributed by atoms with Gasteiger partial charge in [-0.2, -0.15) is 0 Å². The van der Waals surface area contributed by atoms with Crippen molar-refractivity contribution in [2.45, 2.75) is 12.8 Å². The van der Waals surface area contributed by atoms with Gasteiger partial charge >= 0.3 is 12.3 Å². The molecule has 0 saturated carbocycles. The number of carbonyl (C=O) groups excluding carboxylic acids is 2. The Morgan fingerprint density at radius 1 is 1.50 bits per heavy atom. The van der Waals surface area contributed by atoms with Gasteiger partial charge in [0.25, 0.3) is 0 Å². The fourth-order valence-electron chi connectivity index (χ4n) is 1.05. The minimum atomic E-state index is -5.09. The molecule has 1 unspecified atom stereocenters. The highest BCUT2D eigenvalue weighted by atomic mass is 19.4. The van der Waals surface area contributed by atoms with E-state index in [4.69, 9.17) is 0 Å². The first-order valence-electron chi connectivity index (χ1n) is 4.03. The second kappa shape index (κ2) is 4.33. The maximum atomic E-state index is 11.7. The summed E-state index contributed by atoms with van der Waals surface area (Å²) in [6, 6.07) is 0. The van der Waals surface area contributed by atoms with E-state index in [-0.39, 0.29) is 5.57 Å². The number of carbonyl (C=O) groups is 2. The molecule has 1 aliphatic rings. The molecule has 0 amide bonds. The zero-order valence-corrected chi connectivity index (χ0v) is 7.65. The molecule has 0 aromatic heterocycles. The molecule has 0 aromatic rings. The van der Waals surface area contributed by atoms with Crippen LogP contribution in [0.1, 0.15) is 6.42 Å². The van der Waals surface area contributed by atoms with Crippen molar-refractivity contribution in [1.82, 2.24) is 0 Å². The van der Waals surface area contributed by atoms with Crippen molar-refractivity contribution >= 4 is 18.2 Å². The zero-order chi connectivity index (χ0) is 12.3. The van der Waals surface area contributed by atoms with Gasteiger partial charge in [-0.05, 0) is 12.0 Å². The summed E-state index contributed by atoms with van der Waals surface area (Å²) >= 11 is 0. The van der Waals surface area contributed by atoms with Gasteiger partial charge < -0.3 is 14.6 Å². The second-order valence-corrected chi connectivity index (χ2v) is 2.92. The van der Waals surface area contributed by atoms with Crippen molar-refractivity contribution in [1.29, 1.82) is 0 Å². The molecule has 88 valence electrons. The Balaban J connectivity index is 2.65. The summed E-state index contributed by atoms with van der Waals surface area (Å²) in [5.41, 5.74) is -0.355. The lowest BCUT2D eigenvalue weighted by Gasteiger charge is -2.17. The largest absolute Gasteiger partial charge is 0.575 e. The smallest absolute Gasteiger partial charge is 0.545 e. The summed E-state index contributed by atoms with van der Waals surface area (Å²) in [7, 11) is 0. The van der Waals surface area contributed by atoms with Gasteiger partial charge in [0.1, 0.15) is 0 Å². The molecule has 16 heavy (non-hydrogen) atoms. The quantitative estimate of drug-likeness (QED) is 0.620. The van der Waals surface area contributed by atoms with Crippen LogP contribution < -0.4 is 5.11 Å². The Labute approximate surface area is 87.2 Å². The first-order valence-corrected chi connectivity index (χ1v) is 4.03. The topological polar surface area (TPSA) is 78.8 Å². The SMILES string of the molecule is O=C([O-])C1=CN=CC(C(=O)OC(F)(F)F)C1. The molecule has 0 radical (unpaired) electrons. The number of alkyl halides is 3. The highest BCUT2D eigenvalue weighted by molar-refractivity contribution is 5.95. The monoisotopic (exact) mass is 236 g/mol. The fourth-order valence-corrected chi connectivity index (χ4v) is 1.05. The number of rotatable bonds is 2. The van der Waals surface area contributed by atoms with E-state index in [9.17, 15) is 27.9 Å². The third kappa shape index (κ3) is 3.37. The molecular weight excluding hydrogens is 231 g/mol. The van der Waals surface area contributed by atoms with Crippen LogP contribution in [0.2, 0.25) is 0 Å². The Hall–Kier alpha value is -1.86. The van der Waals surface area contributed by atoms with E-state index in [1.807, 2.05) is 0 Å². The van der Waals surface area contributed by atoms with E-state index in [2.05, 4.69) is 9.73 Å². The molecule has 1 heterocycles. The molecule has 8 heteroatoms. The lowest BCUT2D eigenvalue weighted by atomic mass is 9.99. The van der Waals surface area contributed by atoms with Crippen LogP contribution in [0.3, 0.4) is 0 Å². The van der Waals surface area contributed by atoms with Gasteiger partial charge in [0, 0.05) is 12.4 Å². The maximum Gasteiger partial charge on any atom is 0.575 e. The second-order valence-electron chi connectivity index (χ2n) is 2.92. The van der Waals surface area contributed by atoms with Crippen LogP contribution in [-0.4, -0.2) is 24.5 Å². The number of carboxylic acids is 1. The number of esters is 1. The number of aliphatic imine (C=N–C) groups is 1. The zero-order valence-electron chi connectivity index (χ0n) is 7.65. The van der Waals surface area contributed by atoms with Gasteiger partial charge in [0.05, 0.1) is 11.9 Å². The average molecular weight is 236 g/mol. The van der Waals surface area contributed by atoms with Crippen LogP contribution in [0.15, 0.2) is 16.8 Å². The molecule has 0 bridgehead atoms. The van der Waals surface area contributed by atoms with Crippen LogP contribution in [0.25, 0.3) is 0 Å². The molecule has 0 aromatic carbocycles. The summed E-state index contributed by atoms with van der Waals surface area (Å²) in [5, 5.41) is 10.4. The van der Waals surface area contributed by atoms with E-state index in [0.29, 0.717) is 0 Å². The lowest BCUT2D eigenvalue weighted by molar-refractivity contribution is -0.306. The van der Waals surface area contributed by atoms with Crippen LogP contribution in [0.5, 0.6) is 0 Å². The molecule has 0 spiro atoms. The van der Waals surface area contributed by atoms with Crippen LogP contribution in [-0.2, 0) is 14.3 Å². The van der Waals surface area contributed by atoms with E-state index in [1.54, 1.807) is 0 Å². The minimum absolute atomic E-state index is 0.355. The number of halogens is 3. The minimum Gasteiger partial charge on any atom is -0.545 e. The predicted octanol–water partition coefficient (Wildman–Crippen LogP) is -0.226. The van der Waals surface area contributed by atoms with Gasteiger partial charge in [-0.25, -0.2) is 0 Å². The summed E-state index contributed by atoms with van der Waals surface area (Å²) < 4.78 is 38.2. The normalized spacial score (nSPS) is 20.2. The predicted molar refractivity (Wildman–Crippen MR) is 41.8 cm³/mol. The Kier molecular flexibility index (Phi) is 3.31. The first-order chi connectivity index (χ1) is 7.29. The summed E-state index contributed by atoms with van der Waals surface area (Å²) in [6.45, 7) is 0. The number of ether oxygens (including phenoxy) is 1. The van der Waals surface area contributed by atoms with Crippen molar-refractivity contribution in [2.24, 2.45) is 10.9 Å². The summed E-state index contributed by atoms with van der Waals surface area (Å²) in [6.07, 6.45) is -3.72. The number of hydrogen-bond acceptors (Lipinski definition) is 5. The molecule has 0 N–H and O–H groups in total. The van der Waals surface area contributed by atoms with E-state index in [1.165, 1.54) is 0 Å². The van der Waals surface area contributed by atoms with Crippen molar-refractivity contribution in [3.63, 3.8) is 0 Å². The molecule has 1 rings (SSSR count). The van der Waals surface area contributed by atoms with Crippen molar-refractivity contribution in [2.75, 3.05) is 0 Å². The molecule has 1 aliphatic heterocycles. The Morgan fingerprint density at radius 3 is 2.62 bits per heavy atom. The van der Waals surface area contributed by atoms with Crippen molar-refractivity contribution in [3.8, 4) is 0 Å². The standard InChI is InChI=1S/C8H6F3NO4/c9-8(10,11)16-7(15)5-1-4(6(13)14)2-12-3-5/h2-3,5H,1H2,(H,13,14)/p-1. The molecule has 0 aliphatic carbocycles. The van der Waals surface area contributed by atoms with Gasteiger partial charge in [0.15, 0.2) is 0 Å². The van der Waals surface area contributed by atoms with E-state index >= 15 is 0 Å². The van der Waals surface area contributed by atoms with Gasteiger partial charge in [-0.3, -0.25) is 9.79 Å². The first kappa shape index (κ1) is 12.2. The van der Waals surface area contributed by atoms with Crippen molar-refractivity contribution < 1.29 is 32.6 Å². The van der Waals surface area contributed by atoms with Gasteiger partial charge in [-0.15, -0.1) is 13.2 Å². The highest BCUT2D eigenvalue weighted by Gasteiger charge is 2.37. The molecule has 1 atom stereocenters. The van der Waals surface area contributed by atoms with E-state index in [0.717, 1.165) is 12.4 Å². The lowest BCUT2D eigenvalue weighted by Crippen LogP contribution is -2.32. The summed E-state index contributed by atoms with van der Waals surface area (Å²) in [5.74, 6) is -4.54. The summed E-state index contributed by atoms with van der Waals surface area (Å²) in [4.78, 5) is 24.6. The molecule has 0 saturated heterocycles. The molecule has 0 fully saturated rings. The van der Waals surface area contributed by atoms with Gasteiger partial charge in [-0.1, -0.05) is 0 Å². The van der Waals surface area contributed by atoms with Crippen molar-refractivity contribution in [3.05, 3.63) is 11.8 Å². The molecular formula is C8H5F3NO4-. The van der Waals surface area contributed by atoms with E-state index < -0.39 is 30.6 Å². The fraction of sp³-hybridized carbons (Fsp3) is 0.375. The highest BCUT2D eigenvalue weighted by Crippen LogP contribution is 2.22. The van der Waals surface area contributed by atoms with Crippen LogP contribution in [0, 0.1) is 5.92 Å².